The summed E-state index contributed by atoms with van der Waals surface area (Å²) >= 11 is 0. The number of methoxy groups -OCH3 is 1. The fraction of sp³-hybridized carbons (Fsp3) is 0.158. The molecule has 3 rings (SSSR count). The number of benzene rings is 2. The molecular formula is C19H16F3N3O3. The van der Waals surface area contributed by atoms with E-state index in [0.717, 1.165) is 0 Å². The summed E-state index contributed by atoms with van der Waals surface area (Å²) in [5, 5.41) is 7.95. The van der Waals surface area contributed by atoms with E-state index >= 15 is 0 Å². The number of H-pyrrole nitrogens is 1. The van der Waals surface area contributed by atoms with Crippen LogP contribution in [0.5, 0.6) is 11.5 Å². The molecule has 146 valence electrons. The molecule has 9 heteroatoms. The van der Waals surface area contributed by atoms with Gasteiger partial charge in [0.2, 0.25) is 0 Å². The number of rotatable bonds is 6. The highest BCUT2D eigenvalue weighted by Gasteiger charge is 2.38. The summed E-state index contributed by atoms with van der Waals surface area (Å²) in [6, 6.07) is 14.6. The normalized spacial score (nSPS) is 11.1. The van der Waals surface area contributed by atoms with Crippen LogP contribution in [0.4, 0.5) is 19.0 Å². The number of anilines is 1. The number of carbonyl (C=O) groups excluding carboxylic acids is 1. The number of para-hydroxylation sites is 2. The fourth-order valence-corrected chi connectivity index (χ4v) is 2.57. The second kappa shape index (κ2) is 8.03. The molecular weight excluding hydrogens is 375 g/mol. The van der Waals surface area contributed by atoms with Gasteiger partial charge in [0, 0.05) is 0 Å². The molecule has 0 fully saturated rings. The quantitative estimate of drug-likeness (QED) is 0.663. The molecule has 6 nitrogen and oxygen atoms in total. The van der Waals surface area contributed by atoms with Crippen molar-refractivity contribution in [2.45, 2.75) is 6.18 Å². The number of nitrogens with one attached hydrogen (secondary N) is 2. The van der Waals surface area contributed by atoms with Crippen molar-refractivity contribution in [3.8, 4) is 22.6 Å². The predicted molar refractivity (Wildman–Crippen MR) is 96.1 cm³/mol. The largest absolute Gasteiger partial charge is 0.493 e. The van der Waals surface area contributed by atoms with Crippen molar-refractivity contribution in [3.63, 3.8) is 0 Å². The minimum atomic E-state index is -4.66. The molecule has 0 saturated heterocycles. The number of aromatic nitrogens is 2. The first-order valence-electron chi connectivity index (χ1n) is 8.17. The van der Waals surface area contributed by atoms with Crippen molar-refractivity contribution in [3.05, 3.63) is 60.3 Å². The summed E-state index contributed by atoms with van der Waals surface area (Å²) in [6.07, 6.45) is -4.66. The van der Waals surface area contributed by atoms with Gasteiger partial charge < -0.3 is 14.8 Å². The lowest BCUT2D eigenvalue weighted by Crippen LogP contribution is -2.21. The van der Waals surface area contributed by atoms with E-state index in [0.29, 0.717) is 11.5 Å². The van der Waals surface area contributed by atoms with Gasteiger partial charge in [-0.2, -0.15) is 18.3 Å². The minimum absolute atomic E-state index is 0.229. The molecule has 3 aromatic rings. The van der Waals surface area contributed by atoms with Crippen molar-refractivity contribution in [2.75, 3.05) is 19.0 Å². The molecule has 0 aliphatic carbocycles. The number of alkyl halides is 3. The van der Waals surface area contributed by atoms with Crippen LogP contribution in [0.2, 0.25) is 0 Å². The molecule has 0 spiro atoms. The fourth-order valence-electron chi connectivity index (χ4n) is 2.57. The monoisotopic (exact) mass is 391 g/mol. The molecule has 0 aliphatic rings. The van der Waals surface area contributed by atoms with Crippen LogP contribution in [0.3, 0.4) is 0 Å². The number of aromatic amines is 1. The Kier molecular flexibility index (Phi) is 5.53. The smallest absolute Gasteiger partial charge is 0.433 e. The van der Waals surface area contributed by atoms with Crippen LogP contribution in [0.1, 0.15) is 5.69 Å². The Labute approximate surface area is 158 Å². The molecule has 2 aromatic carbocycles. The SMILES string of the molecule is COc1ccccc1OCC(=O)Nc1n[nH]c(C(F)(F)F)c1-c1ccccc1. The Morgan fingerprint density at radius 3 is 2.36 bits per heavy atom. The van der Waals surface area contributed by atoms with Crippen molar-refractivity contribution in [1.29, 1.82) is 0 Å². The Bertz CT molecular complexity index is 956. The zero-order chi connectivity index (χ0) is 20.1. The van der Waals surface area contributed by atoms with E-state index in [1.54, 1.807) is 42.5 Å². The first-order valence-corrected chi connectivity index (χ1v) is 8.17. The number of nitrogens with zero attached hydrogens (tertiary/aromatic N) is 1. The van der Waals surface area contributed by atoms with Crippen LogP contribution in [0, 0.1) is 0 Å². The summed E-state index contributed by atoms with van der Waals surface area (Å²) in [6.45, 7) is -0.428. The molecule has 1 amide bonds. The molecule has 0 radical (unpaired) electrons. The Hall–Kier alpha value is -3.49. The highest BCUT2D eigenvalue weighted by Crippen LogP contribution is 2.39. The van der Waals surface area contributed by atoms with E-state index in [4.69, 9.17) is 9.47 Å². The van der Waals surface area contributed by atoms with E-state index in [2.05, 4.69) is 10.4 Å². The van der Waals surface area contributed by atoms with E-state index in [9.17, 15) is 18.0 Å². The Balaban J connectivity index is 1.80. The van der Waals surface area contributed by atoms with Gasteiger partial charge in [-0.1, -0.05) is 42.5 Å². The maximum Gasteiger partial charge on any atom is 0.433 e. The topological polar surface area (TPSA) is 76.2 Å². The average Bonchev–Trinajstić information content (AvgIpc) is 3.11. The zero-order valence-corrected chi connectivity index (χ0v) is 14.7. The molecule has 0 aliphatic heterocycles. The van der Waals surface area contributed by atoms with Crippen LogP contribution in [0.15, 0.2) is 54.6 Å². The van der Waals surface area contributed by atoms with Gasteiger partial charge in [-0.05, 0) is 17.7 Å². The lowest BCUT2D eigenvalue weighted by molar-refractivity contribution is -0.140. The standard InChI is InChI=1S/C19H16F3N3O3/c1-27-13-9-5-6-10-14(13)28-11-15(26)23-18-16(12-7-3-2-4-8-12)17(24-25-18)19(20,21)22/h2-10H,11H2,1H3,(H2,23,24,25,26). The number of ether oxygens (including phenoxy) is 2. The predicted octanol–water partition coefficient (Wildman–Crippen LogP) is 4.12. The van der Waals surface area contributed by atoms with Gasteiger partial charge in [0.05, 0.1) is 12.7 Å². The minimum Gasteiger partial charge on any atom is -0.493 e. The molecule has 0 unspecified atom stereocenters. The zero-order valence-electron chi connectivity index (χ0n) is 14.7. The molecule has 1 heterocycles. The highest BCUT2D eigenvalue weighted by atomic mass is 19.4. The van der Waals surface area contributed by atoms with Gasteiger partial charge in [-0.25, -0.2) is 0 Å². The van der Waals surface area contributed by atoms with Crippen molar-refractivity contribution in [1.82, 2.24) is 10.2 Å². The summed E-state index contributed by atoms with van der Waals surface area (Å²) in [7, 11) is 1.46. The second-order valence-electron chi connectivity index (χ2n) is 5.67. The van der Waals surface area contributed by atoms with E-state index in [1.807, 2.05) is 5.10 Å². The van der Waals surface area contributed by atoms with Crippen molar-refractivity contribution < 1.29 is 27.4 Å². The number of hydrogen-bond donors (Lipinski definition) is 2. The van der Waals surface area contributed by atoms with Crippen molar-refractivity contribution in [2.24, 2.45) is 0 Å². The molecule has 1 aromatic heterocycles. The lowest BCUT2D eigenvalue weighted by atomic mass is 10.1. The van der Waals surface area contributed by atoms with Crippen LogP contribution >= 0.6 is 0 Å². The highest BCUT2D eigenvalue weighted by molar-refractivity contribution is 5.95. The summed E-state index contributed by atoms with van der Waals surface area (Å²) in [5.41, 5.74) is -1.01. The number of carbonyl (C=O) groups is 1. The van der Waals surface area contributed by atoms with Crippen molar-refractivity contribution >= 4 is 11.7 Å². The first kappa shape index (κ1) is 19.3. The van der Waals surface area contributed by atoms with Gasteiger partial charge in [-0.15, -0.1) is 0 Å². The summed E-state index contributed by atoms with van der Waals surface area (Å²) in [4.78, 5) is 12.2. The molecule has 28 heavy (non-hydrogen) atoms. The summed E-state index contributed by atoms with van der Waals surface area (Å²) < 4.78 is 50.4. The third-order valence-electron chi connectivity index (χ3n) is 3.80. The Morgan fingerprint density at radius 1 is 1.07 bits per heavy atom. The van der Waals surface area contributed by atoms with Gasteiger partial charge in [-0.3, -0.25) is 9.89 Å². The lowest BCUT2D eigenvalue weighted by Gasteiger charge is -2.11. The van der Waals surface area contributed by atoms with E-state index in [-0.39, 0.29) is 16.9 Å². The van der Waals surface area contributed by atoms with Gasteiger partial charge in [0.25, 0.3) is 5.91 Å². The van der Waals surface area contributed by atoms with E-state index in [1.165, 1.54) is 19.2 Å². The number of hydrogen-bond acceptors (Lipinski definition) is 4. The second-order valence-corrected chi connectivity index (χ2v) is 5.67. The van der Waals surface area contributed by atoms with Gasteiger partial charge >= 0.3 is 6.18 Å². The molecule has 0 bridgehead atoms. The average molecular weight is 391 g/mol. The number of amides is 1. The Morgan fingerprint density at radius 2 is 1.71 bits per heavy atom. The van der Waals surface area contributed by atoms with Crippen LogP contribution in [-0.4, -0.2) is 29.8 Å². The van der Waals surface area contributed by atoms with E-state index < -0.39 is 24.4 Å². The van der Waals surface area contributed by atoms with Gasteiger partial charge in [0.1, 0.15) is 5.69 Å². The molecule has 0 atom stereocenters. The van der Waals surface area contributed by atoms with Crippen LogP contribution in [0.25, 0.3) is 11.1 Å². The molecule has 2 N–H and O–H groups in total. The maximum atomic E-state index is 13.3. The van der Waals surface area contributed by atoms with Gasteiger partial charge in [0.15, 0.2) is 23.9 Å². The summed E-state index contributed by atoms with van der Waals surface area (Å²) in [5.74, 6) is -0.128. The number of halogens is 3. The first-order chi connectivity index (χ1) is 13.4. The maximum absolute atomic E-state index is 13.3. The van der Waals surface area contributed by atoms with Crippen LogP contribution in [-0.2, 0) is 11.0 Å². The molecule has 0 saturated carbocycles. The third kappa shape index (κ3) is 4.25. The third-order valence-corrected chi connectivity index (χ3v) is 3.80. The van der Waals surface area contributed by atoms with Crippen LogP contribution < -0.4 is 14.8 Å².